The highest BCUT2D eigenvalue weighted by atomic mass is 35.5. The first-order chi connectivity index (χ1) is 22.9. The van der Waals surface area contributed by atoms with Crippen molar-refractivity contribution < 1.29 is 45.3 Å². The molecule has 0 radical (unpaired) electrons. The number of nitrogens with zero attached hydrogens (tertiary/aromatic N) is 3. The van der Waals surface area contributed by atoms with E-state index in [-0.39, 0.29) is 52.4 Å². The fourth-order valence-electron chi connectivity index (χ4n) is 5.12. The Morgan fingerprint density at radius 1 is 1.08 bits per heavy atom. The topological polar surface area (TPSA) is 108 Å². The van der Waals surface area contributed by atoms with Crippen LogP contribution in [0.4, 0.5) is 18.9 Å². The number of halogens is 5. The standard InChI is InChI=1S/C32H34Cl2F3N3O7S/c1-48(42,43)40(9-8-39-10-12-44-13-11-39)27-14-22(4-6-26(27)35)31(41)46-29(16-23-24(33)17-38-18-25(23)34)21-5-7-28(47-32(36)37)30(15-21)45-19-20-2-3-20/h4-7,14-15,17-18,20,29,32H,2-3,8-13,16,19H2,1H3. The normalized spacial score (nSPS) is 16.1. The molecule has 1 unspecified atom stereocenters. The van der Waals surface area contributed by atoms with Crippen LogP contribution < -0.4 is 13.8 Å². The summed E-state index contributed by atoms with van der Waals surface area (Å²) in [5, 5.41) is 0.388. The minimum absolute atomic E-state index is 0.0285. The van der Waals surface area contributed by atoms with E-state index in [2.05, 4.69) is 9.72 Å². The van der Waals surface area contributed by atoms with Gasteiger partial charge < -0.3 is 18.9 Å². The summed E-state index contributed by atoms with van der Waals surface area (Å²) in [7, 11) is -3.96. The third-order valence-electron chi connectivity index (χ3n) is 7.89. The largest absolute Gasteiger partial charge is 0.489 e. The van der Waals surface area contributed by atoms with E-state index in [9.17, 15) is 22.0 Å². The summed E-state index contributed by atoms with van der Waals surface area (Å²) in [6, 6.07) is 7.45. The first kappa shape index (κ1) is 36.0. The molecule has 1 atom stereocenters. The van der Waals surface area contributed by atoms with E-state index in [0.29, 0.717) is 49.9 Å². The third kappa shape index (κ3) is 9.65. The van der Waals surface area contributed by atoms with Crippen LogP contribution in [-0.2, 0) is 25.9 Å². The lowest BCUT2D eigenvalue weighted by atomic mass is 10.0. The van der Waals surface area contributed by atoms with Gasteiger partial charge in [-0.2, -0.15) is 8.78 Å². The van der Waals surface area contributed by atoms with Crippen LogP contribution in [0.1, 0.15) is 40.4 Å². The smallest absolute Gasteiger partial charge is 0.387 e. The zero-order chi connectivity index (χ0) is 34.4. The summed E-state index contributed by atoms with van der Waals surface area (Å²) < 4.78 is 89.8. The fraction of sp³-hybridized carbons (Fsp3) is 0.438. The van der Waals surface area contributed by atoms with E-state index in [1.165, 1.54) is 36.7 Å². The van der Waals surface area contributed by atoms with Gasteiger partial charge in [0.05, 0.1) is 47.4 Å². The average Bonchev–Trinajstić information content (AvgIpc) is 3.87. The van der Waals surface area contributed by atoms with Crippen LogP contribution >= 0.6 is 23.2 Å². The lowest BCUT2D eigenvalue weighted by molar-refractivity contribution is -0.0515. The molecule has 1 saturated carbocycles. The Morgan fingerprint density at radius 2 is 1.79 bits per heavy atom. The minimum atomic E-state index is -3.96. The second kappa shape index (κ2) is 15.9. The Kier molecular flexibility index (Phi) is 12.0. The molecule has 260 valence electrons. The molecule has 16 heteroatoms. The number of ether oxygens (including phenoxy) is 4. The number of pyridine rings is 1. The van der Waals surface area contributed by atoms with Crippen molar-refractivity contribution in [2.45, 2.75) is 32.0 Å². The number of sulfonamides is 1. The average molecular weight is 733 g/mol. The highest BCUT2D eigenvalue weighted by Gasteiger charge is 2.28. The molecule has 10 nitrogen and oxygen atoms in total. The number of rotatable bonds is 15. The molecule has 2 aromatic carbocycles. The molecule has 1 saturated heterocycles. The fourth-order valence-corrected chi connectivity index (χ4v) is 6.55. The Labute approximate surface area is 286 Å². The maximum absolute atomic E-state index is 15.2. The van der Waals surface area contributed by atoms with Gasteiger partial charge in [0.2, 0.25) is 10.0 Å². The molecule has 5 rings (SSSR count). The highest BCUT2D eigenvalue weighted by Crippen LogP contribution is 2.38. The number of alkyl halides is 2. The van der Waals surface area contributed by atoms with Crippen molar-refractivity contribution in [1.82, 2.24) is 9.88 Å². The van der Waals surface area contributed by atoms with Crippen LogP contribution in [0.2, 0.25) is 10.0 Å². The van der Waals surface area contributed by atoms with Crippen LogP contribution in [0.15, 0.2) is 48.8 Å². The lowest BCUT2D eigenvalue weighted by Gasteiger charge is -2.30. The molecular weight excluding hydrogens is 698 g/mol. The SMILES string of the molecule is CS(=O)(=O)N(CCN1CCOCC1)c1cc(C(=O)OC(Cc2c(Cl)cncc2Cl)c2ccc(OC(F)F)c(OCC3CC3)c2)ccc1F. The molecule has 3 aromatic rings. The first-order valence-corrected chi connectivity index (χ1v) is 17.8. The van der Waals surface area contributed by atoms with E-state index >= 15 is 4.39 Å². The Balaban J connectivity index is 1.45. The van der Waals surface area contributed by atoms with E-state index in [4.69, 9.17) is 37.4 Å². The maximum Gasteiger partial charge on any atom is 0.387 e. The van der Waals surface area contributed by atoms with Gasteiger partial charge in [-0.05, 0) is 60.2 Å². The van der Waals surface area contributed by atoms with Crippen LogP contribution in [-0.4, -0.2) is 83.1 Å². The molecule has 2 aliphatic rings. The number of anilines is 1. The van der Waals surface area contributed by atoms with Crippen molar-refractivity contribution in [3.8, 4) is 11.5 Å². The number of benzene rings is 2. The van der Waals surface area contributed by atoms with Gasteiger partial charge in [-0.3, -0.25) is 14.2 Å². The molecule has 0 amide bonds. The van der Waals surface area contributed by atoms with Crippen LogP contribution in [0.3, 0.4) is 0 Å². The predicted octanol–water partition coefficient (Wildman–Crippen LogP) is 6.16. The van der Waals surface area contributed by atoms with Crippen molar-refractivity contribution >= 4 is 44.9 Å². The van der Waals surface area contributed by atoms with Gasteiger partial charge in [-0.1, -0.05) is 29.3 Å². The van der Waals surface area contributed by atoms with Crippen LogP contribution in [0, 0.1) is 11.7 Å². The molecule has 48 heavy (non-hydrogen) atoms. The zero-order valence-corrected chi connectivity index (χ0v) is 28.2. The van der Waals surface area contributed by atoms with E-state index in [0.717, 1.165) is 35.5 Å². The van der Waals surface area contributed by atoms with Gasteiger partial charge in [0.15, 0.2) is 11.5 Å². The molecular formula is C32H34Cl2F3N3O7S. The monoisotopic (exact) mass is 731 g/mol. The molecule has 2 fully saturated rings. The summed E-state index contributed by atoms with van der Waals surface area (Å²) in [4.78, 5) is 19.6. The minimum Gasteiger partial charge on any atom is -0.489 e. The van der Waals surface area contributed by atoms with Gasteiger partial charge in [0.1, 0.15) is 11.9 Å². The van der Waals surface area contributed by atoms with Crippen molar-refractivity contribution in [3.63, 3.8) is 0 Å². The van der Waals surface area contributed by atoms with Gasteiger partial charge in [-0.25, -0.2) is 17.6 Å². The quantitative estimate of drug-likeness (QED) is 0.170. The number of hydrogen-bond acceptors (Lipinski definition) is 9. The Morgan fingerprint density at radius 3 is 2.44 bits per heavy atom. The van der Waals surface area contributed by atoms with E-state index < -0.39 is 34.5 Å². The summed E-state index contributed by atoms with van der Waals surface area (Å²) in [5.74, 6) is -1.64. The molecule has 1 aromatic heterocycles. The van der Waals surface area contributed by atoms with Gasteiger partial charge >= 0.3 is 12.6 Å². The van der Waals surface area contributed by atoms with Crippen molar-refractivity contribution in [3.05, 3.63) is 81.3 Å². The summed E-state index contributed by atoms with van der Waals surface area (Å²) in [6.07, 6.45) is 4.43. The van der Waals surface area contributed by atoms with Crippen molar-refractivity contribution in [1.29, 1.82) is 0 Å². The summed E-state index contributed by atoms with van der Waals surface area (Å²) >= 11 is 12.8. The zero-order valence-electron chi connectivity index (χ0n) is 25.9. The van der Waals surface area contributed by atoms with Crippen LogP contribution in [0.25, 0.3) is 0 Å². The van der Waals surface area contributed by atoms with E-state index in [1.807, 2.05) is 4.90 Å². The molecule has 0 bridgehead atoms. The molecule has 2 heterocycles. The Hall–Kier alpha value is -3.30. The van der Waals surface area contributed by atoms with Gasteiger partial charge in [0, 0.05) is 45.0 Å². The lowest BCUT2D eigenvalue weighted by Crippen LogP contribution is -2.43. The van der Waals surface area contributed by atoms with Gasteiger partial charge in [0.25, 0.3) is 0 Å². The molecule has 0 spiro atoms. The first-order valence-electron chi connectivity index (χ1n) is 15.2. The van der Waals surface area contributed by atoms with Crippen molar-refractivity contribution in [2.24, 2.45) is 5.92 Å². The number of aromatic nitrogens is 1. The van der Waals surface area contributed by atoms with Crippen LogP contribution in [0.5, 0.6) is 11.5 Å². The highest BCUT2D eigenvalue weighted by molar-refractivity contribution is 7.92. The Bertz CT molecular complexity index is 1690. The summed E-state index contributed by atoms with van der Waals surface area (Å²) in [6.45, 7) is -0.359. The number of carbonyl (C=O) groups excluding carboxylic acids is 1. The predicted molar refractivity (Wildman–Crippen MR) is 173 cm³/mol. The number of carbonyl (C=O) groups is 1. The summed E-state index contributed by atoms with van der Waals surface area (Å²) in [5.41, 5.74) is 0.281. The second-order valence-corrected chi connectivity index (χ2v) is 14.2. The number of esters is 1. The molecule has 0 N–H and O–H groups in total. The molecule has 1 aliphatic heterocycles. The van der Waals surface area contributed by atoms with E-state index in [1.54, 1.807) is 0 Å². The number of morpholine rings is 1. The third-order valence-corrected chi connectivity index (χ3v) is 9.72. The van der Waals surface area contributed by atoms with Gasteiger partial charge in [-0.15, -0.1) is 0 Å². The molecule has 1 aliphatic carbocycles. The number of hydrogen-bond donors (Lipinski definition) is 0. The second-order valence-electron chi connectivity index (χ2n) is 11.5. The maximum atomic E-state index is 15.2. The van der Waals surface area contributed by atoms with Crippen molar-refractivity contribution in [2.75, 3.05) is 56.6 Å².